The third-order valence-corrected chi connectivity index (χ3v) is 1.46. The van der Waals surface area contributed by atoms with Crippen LogP contribution in [0.15, 0.2) is 0 Å². The molecule has 1 saturated heterocycles. The molecular weight excluding hydrogens is 104 g/mol. The van der Waals surface area contributed by atoms with Crippen molar-refractivity contribution in [2.75, 3.05) is 13.2 Å². The fourth-order valence-corrected chi connectivity index (χ4v) is 0.823. The van der Waals surface area contributed by atoms with Gasteiger partial charge < -0.3 is 4.74 Å². The van der Waals surface area contributed by atoms with E-state index in [1.54, 1.807) is 0 Å². The highest BCUT2D eigenvalue weighted by atomic mass is 16.5. The zero-order valence-electron chi connectivity index (χ0n) is 4.93. The number of hydrogen-bond donors (Lipinski definition) is 0. The van der Waals surface area contributed by atoms with Gasteiger partial charge in [0.05, 0.1) is 12.7 Å². The molecule has 1 atom stereocenters. The molecule has 1 unspecified atom stereocenters. The standard InChI is InChI=1S/C6H11O2/c7-4-1-2-6-3-5-8-6/h6H,1-5H2. The van der Waals surface area contributed by atoms with Gasteiger partial charge >= 0.3 is 0 Å². The van der Waals surface area contributed by atoms with Gasteiger partial charge in [0, 0.05) is 6.61 Å². The molecule has 0 aromatic rings. The Morgan fingerprint density at radius 2 is 2.38 bits per heavy atom. The monoisotopic (exact) mass is 115 g/mol. The Morgan fingerprint density at radius 3 is 2.75 bits per heavy atom. The maximum atomic E-state index is 9.92. The molecule has 8 heavy (non-hydrogen) atoms. The second-order valence-electron chi connectivity index (χ2n) is 2.13. The van der Waals surface area contributed by atoms with Gasteiger partial charge in [0.25, 0.3) is 0 Å². The highest BCUT2D eigenvalue weighted by Gasteiger charge is 2.16. The molecule has 47 valence electrons. The van der Waals surface area contributed by atoms with Crippen LogP contribution in [0.2, 0.25) is 0 Å². The van der Waals surface area contributed by atoms with Gasteiger partial charge in [0.1, 0.15) is 0 Å². The Hall–Kier alpha value is -0.0800. The minimum Gasteiger partial charge on any atom is -0.378 e. The first-order valence-corrected chi connectivity index (χ1v) is 3.13. The van der Waals surface area contributed by atoms with Crippen LogP contribution in [0.25, 0.3) is 0 Å². The number of ether oxygens (including phenoxy) is 1. The van der Waals surface area contributed by atoms with Crippen LogP contribution >= 0.6 is 0 Å². The predicted octanol–water partition coefficient (Wildman–Crippen LogP) is 0.986. The second kappa shape index (κ2) is 3.05. The molecule has 0 bridgehead atoms. The molecule has 1 heterocycles. The topological polar surface area (TPSA) is 29.1 Å². The molecule has 0 spiro atoms. The van der Waals surface area contributed by atoms with Gasteiger partial charge in [-0.05, 0) is 19.3 Å². The van der Waals surface area contributed by atoms with Crippen molar-refractivity contribution in [3.05, 3.63) is 0 Å². The zero-order valence-corrected chi connectivity index (χ0v) is 4.93. The Morgan fingerprint density at radius 1 is 1.62 bits per heavy atom. The predicted molar refractivity (Wildman–Crippen MR) is 29.1 cm³/mol. The first kappa shape index (κ1) is 6.05. The lowest BCUT2D eigenvalue weighted by molar-refractivity contribution is -0.0580. The number of rotatable bonds is 3. The fraction of sp³-hybridized carbons (Fsp3) is 1.00. The van der Waals surface area contributed by atoms with Gasteiger partial charge in [0.2, 0.25) is 0 Å². The van der Waals surface area contributed by atoms with Gasteiger partial charge in [-0.3, -0.25) is 0 Å². The van der Waals surface area contributed by atoms with E-state index in [0.717, 1.165) is 19.4 Å². The van der Waals surface area contributed by atoms with Gasteiger partial charge in [-0.15, -0.1) is 0 Å². The van der Waals surface area contributed by atoms with E-state index in [1.807, 2.05) is 0 Å². The van der Waals surface area contributed by atoms with Crippen LogP contribution in [0.1, 0.15) is 19.3 Å². The molecule has 2 nitrogen and oxygen atoms in total. The van der Waals surface area contributed by atoms with E-state index in [4.69, 9.17) is 4.74 Å². The maximum Gasteiger partial charge on any atom is 0.0823 e. The molecule has 2 heteroatoms. The van der Waals surface area contributed by atoms with Crippen molar-refractivity contribution in [1.29, 1.82) is 0 Å². The van der Waals surface area contributed by atoms with Crippen LogP contribution < -0.4 is 0 Å². The van der Waals surface area contributed by atoms with Crippen LogP contribution in [0.4, 0.5) is 0 Å². The third kappa shape index (κ3) is 1.46. The summed E-state index contributed by atoms with van der Waals surface area (Å²) in [4.78, 5) is 0. The van der Waals surface area contributed by atoms with Gasteiger partial charge in [-0.25, -0.2) is 5.11 Å². The van der Waals surface area contributed by atoms with Crippen LogP contribution in [-0.2, 0) is 9.84 Å². The van der Waals surface area contributed by atoms with Crippen LogP contribution in [0.5, 0.6) is 0 Å². The maximum absolute atomic E-state index is 9.92. The van der Waals surface area contributed by atoms with E-state index in [1.165, 1.54) is 6.42 Å². The minimum atomic E-state index is 0.0554. The molecule has 0 aromatic heterocycles. The summed E-state index contributed by atoms with van der Waals surface area (Å²) in [6.07, 6.45) is 3.36. The molecule has 1 aliphatic heterocycles. The zero-order chi connectivity index (χ0) is 5.82. The molecule has 1 rings (SSSR count). The van der Waals surface area contributed by atoms with E-state index in [9.17, 15) is 5.11 Å². The highest BCUT2D eigenvalue weighted by molar-refractivity contribution is 4.65. The molecule has 1 radical (unpaired) electrons. The summed E-state index contributed by atoms with van der Waals surface area (Å²) in [5.74, 6) is 0. The third-order valence-electron chi connectivity index (χ3n) is 1.46. The quantitative estimate of drug-likeness (QED) is 0.539. The van der Waals surface area contributed by atoms with Crippen molar-refractivity contribution in [2.45, 2.75) is 25.4 Å². The molecular formula is C6H11O2. The average Bonchev–Trinajstić information content (AvgIpc) is 1.63. The summed E-state index contributed by atoms with van der Waals surface area (Å²) in [6, 6.07) is 0. The summed E-state index contributed by atoms with van der Waals surface area (Å²) in [5.41, 5.74) is 0. The average molecular weight is 115 g/mol. The van der Waals surface area contributed by atoms with Crippen LogP contribution in [-0.4, -0.2) is 19.3 Å². The summed E-state index contributed by atoms with van der Waals surface area (Å²) >= 11 is 0. The van der Waals surface area contributed by atoms with Gasteiger partial charge in [-0.1, -0.05) is 0 Å². The SMILES string of the molecule is [O]CCCC1CCO1. The molecule has 1 fully saturated rings. The second-order valence-corrected chi connectivity index (χ2v) is 2.13. The molecule has 0 saturated carbocycles. The smallest absolute Gasteiger partial charge is 0.0823 e. The normalized spacial score (nSPS) is 27.4. The Kier molecular flexibility index (Phi) is 2.30. The van der Waals surface area contributed by atoms with Crippen molar-refractivity contribution in [1.82, 2.24) is 0 Å². The van der Waals surface area contributed by atoms with Gasteiger partial charge in [0.15, 0.2) is 0 Å². The Balaban J connectivity index is 1.86. The van der Waals surface area contributed by atoms with Gasteiger partial charge in [-0.2, -0.15) is 0 Å². The Bertz CT molecular complexity index is 59.5. The molecule has 0 N–H and O–H groups in total. The largest absolute Gasteiger partial charge is 0.378 e. The van der Waals surface area contributed by atoms with E-state index in [2.05, 4.69) is 0 Å². The molecule has 0 aliphatic carbocycles. The van der Waals surface area contributed by atoms with E-state index in [-0.39, 0.29) is 6.61 Å². The van der Waals surface area contributed by atoms with Crippen LogP contribution in [0.3, 0.4) is 0 Å². The summed E-state index contributed by atoms with van der Waals surface area (Å²) < 4.78 is 5.09. The van der Waals surface area contributed by atoms with Crippen molar-refractivity contribution in [3.8, 4) is 0 Å². The van der Waals surface area contributed by atoms with E-state index in [0.29, 0.717) is 6.10 Å². The molecule has 1 aliphatic rings. The lowest BCUT2D eigenvalue weighted by atomic mass is 10.1. The summed E-state index contributed by atoms with van der Waals surface area (Å²) in [6.45, 7) is 0.962. The fourth-order valence-electron chi connectivity index (χ4n) is 0.823. The van der Waals surface area contributed by atoms with Crippen molar-refractivity contribution < 1.29 is 9.84 Å². The lowest BCUT2D eigenvalue weighted by Gasteiger charge is -2.25. The van der Waals surface area contributed by atoms with Crippen molar-refractivity contribution >= 4 is 0 Å². The molecule has 0 amide bonds. The van der Waals surface area contributed by atoms with Crippen molar-refractivity contribution in [3.63, 3.8) is 0 Å². The molecule has 0 aromatic carbocycles. The minimum absolute atomic E-state index is 0.0554. The lowest BCUT2D eigenvalue weighted by Crippen LogP contribution is -2.26. The van der Waals surface area contributed by atoms with Crippen molar-refractivity contribution in [2.24, 2.45) is 0 Å². The first-order chi connectivity index (χ1) is 3.93. The Labute approximate surface area is 49.5 Å². The summed E-state index contributed by atoms with van der Waals surface area (Å²) in [5, 5.41) is 9.92. The van der Waals surface area contributed by atoms with E-state index < -0.39 is 0 Å². The van der Waals surface area contributed by atoms with Crippen LogP contribution in [0, 0.1) is 0 Å². The van der Waals surface area contributed by atoms with E-state index >= 15 is 0 Å². The summed E-state index contributed by atoms with van der Waals surface area (Å²) in [7, 11) is 0. The number of hydrogen-bond acceptors (Lipinski definition) is 1. The highest BCUT2D eigenvalue weighted by Crippen LogP contribution is 2.15. The first-order valence-electron chi connectivity index (χ1n) is 3.13.